The summed E-state index contributed by atoms with van der Waals surface area (Å²) in [7, 11) is 1.99. The summed E-state index contributed by atoms with van der Waals surface area (Å²) in [4.78, 5) is 37.8. The average Bonchev–Trinajstić information content (AvgIpc) is 2.30. The van der Waals surface area contributed by atoms with Crippen LogP contribution in [-0.4, -0.2) is 66.0 Å². The van der Waals surface area contributed by atoms with E-state index in [1.54, 1.807) is 5.01 Å². The number of urea groups is 1. The first kappa shape index (κ1) is 13.0. The van der Waals surface area contributed by atoms with E-state index in [4.69, 9.17) is 0 Å². The van der Waals surface area contributed by atoms with Crippen molar-refractivity contribution in [2.75, 3.05) is 33.2 Å². The molecule has 0 bridgehead atoms. The molecule has 2 fully saturated rings. The molecule has 100 valence electrons. The predicted octanol–water partition coefficient (Wildman–Crippen LogP) is -0.747. The summed E-state index contributed by atoms with van der Waals surface area (Å²) in [6.45, 7) is 5.82. The van der Waals surface area contributed by atoms with E-state index in [1.165, 1.54) is 13.8 Å². The normalized spacial score (nSPS) is 26.4. The lowest BCUT2D eigenvalue weighted by Gasteiger charge is -2.43. The zero-order valence-electron chi connectivity index (χ0n) is 10.9. The van der Waals surface area contributed by atoms with Crippen LogP contribution in [0.4, 0.5) is 4.79 Å². The van der Waals surface area contributed by atoms with Gasteiger partial charge in [-0.3, -0.25) is 14.9 Å². The predicted molar refractivity (Wildman–Crippen MR) is 63.2 cm³/mol. The molecule has 2 aliphatic rings. The SMILES string of the molecule is CN1CCN(N2C(=O)NC(=O)C(C)(C)C2=O)CC1. The van der Waals surface area contributed by atoms with Crippen molar-refractivity contribution in [1.29, 1.82) is 0 Å². The third-order valence-electron chi connectivity index (χ3n) is 3.47. The molecule has 0 saturated carbocycles. The minimum Gasteiger partial charge on any atom is -0.304 e. The lowest BCUT2D eigenvalue weighted by molar-refractivity contribution is -0.162. The Hall–Kier alpha value is -1.47. The molecule has 0 aromatic rings. The highest BCUT2D eigenvalue weighted by Gasteiger charge is 2.49. The Morgan fingerprint density at radius 2 is 1.61 bits per heavy atom. The quantitative estimate of drug-likeness (QED) is 0.624. The summed E-state index contributed by atoms with van der Waals surface area (Å²) in [5, 5.41) is 5.01. The molecule has 2 saturated heterocycles. The number of rotatable bonds is 1. The van der Waals surface area contributed by atoms with Gasteiger partial charge in [-0.1, -0.05) is 0 Å². The topological polar surface area (TPSA) is 73.0 Å². The van der Waals surface area contributed by atoms with E-state index in [0.29, 0.717) is 13.1 Å². The van der Waals surface area contributed by atoms with Crippen LogP contribution < -0.4 is 5.32 Å². The second kappa shape index (κ2) is 4.33. The Bertz CT molecular complexity index is 399. The highest BCUT2D eigenvalue weighted by atomic mass is 16.2. The zero-order chi connectivity index (χ0) is 13.5. The van der Waals surface area contributed by atoms with E-state index in [9.17, 15) is 14.4 Å². The van der Waals surface area contributed by atoms with Crippen LogP contribution in [0.5, 0.6) is 0 Å². The van der Waals surface area contributed by atoms with Crippen molar-refractivity contribution < 1.29 is 14.4 Å². The van der Waals surface area contributed by atoms with Crippen molar-refractivity contribution in [3.05, 3.63) is 0 Å². The molecule has 0 spiro atoms. The summed E-state index contributed by atoms with van der Waals surface area (Å²) in [6.07, 6.45) is 0. The number of hydrogen-bond donors (Lipinski definition) is 1. The molecule has 0 radical (unpaired) electrons. The molecule has 2 aliphatic heterocycles. The Morgan fingerprint density at radius 1 is 1.06 bits per heavy atom. The Kier molecular flexibility index (Phi) is 3.12. The monoisotopic (exact) mass is 254 g/mol. The molecular weight excluding hydrogens is 236 g/mol. The molecule has 0 aliphatic carbocycles. The summed E-state index contributed by atoms with van der Waals surface area (Å²) in [6, 6.07) is -0.645. The number of hydrogen-bond acceptors (Lipinski definition) is 5. The molecule has 0 unspecified atom stereocenters. The molecule has 0 aromatic carbocycles. The summed E-state index contributed by atoms with van der Waals surface area (Å²) in [5.41, 5.74) is -1.20. The van der Waals surface area contributed by atoms with Crippen LogP contribution in [0.1, 0.15) is 13.8 Å². The Balaban J connectivity index is 2.19. The lowest BCUT2D eigenvalue weighted by atomic mass is 9.89. The van der Waals surface area contributed by atoms with Gasteiger partial charge in [0, 0.05) is 26.2 Å². The largest absolute Gasteiger partial charge is 0.345 e. The molecule has 2 rings (SSSR count). The molecule has 4 amide bonds. The standard InChI is InChI=1S/C11H18N4O3/c1-11(2)8(16)12-10(18)15(9(11)17)14-6-4-13(3)5-7-14/h4-7H2,1-3H3,(H,12,16,18). The van der Waals surface area contributed by atoms with Gasteiger partial charge in [-0.15, -0.1) is 0 Å². The fourth-order valence-electron chi connectivity index (χ4n) is 2.01. The number of nitrogens with zero attached hydrogens (tertiary/aromatic N) is 3. The minimum atomic E-state index is -1.20. The number of piperazine rings is 1. The van der Waals surface area contributed by atoms with Crippen LogP contribution >= 0.6 is 0 Å². The van der Waals surface area contributed by atoms with E-state index in [0.717, 1.165) is 18.1 Å². The number of nitrogens with one attached hydrogen (secondary N) is 1. The van der Waals surface area contributed by atoms with Crippen LogP contribution in [0.2, 0.25) is 0 Å². The Labute approximate surface area is 106 Å². The van der Waals surface area contributed by atoms with Gasteiger partial charge >= 0.3 is 6.03 Å². The van der Waals surface area contributed by atoms with Crippen LogP contribution in [0.25, 0.3) is 0 Å². The second-order valence-electron chi connectivity index (χ2n) is 5.26. The maximum Gasteiger partial charge on any atom is 0.345 e. The van der Waals surface area contributed by atoms with Crippen molar-refractivity contribution in [3.63, 3.8) is 0 Å². The fraction of sp³-hybridized carbons (Fsp3) is 0.727. The van der Waals surface area contributed by atoms with Crippen LogP contribution in [0.15, 0.2) is 0 Å². The molecule has 1 N–H and O–H groups in total. The molecule has 7 heteroatoms. The summed E-state index contributed by atoms with van der Waals surface area (Å²) < 4.78 is 0. The van der Waals surface area contributed by atoms with Gasteiger partial charge in [0.05, 0.1) is 0 Å². The first-order valence-corrected chi connectivity index (χ1v) is 5.97. The van der Waals surface area contributed by atoms with Gasteiger partial charge in [-0.2, -0.15) is 5.01 Å². The molecular formula is C11H18N4O3. The second-order valence-corrected chi connectivity index (χ2v) is 5.26. The maximum atomic E-state index is 12.2. The van der Waals surface area contributed by atoms with E-state index in [2.05, 4.69) is 10.2 Å². The minimum absolute atomic E-state index is 0.458. The van der Waals surface area contributed by atoms with Crippen LogP contribution in [0.3, 0.4) is 0 Å². The molecule has 18 heavy (non-hydrogen) atoms. The first-order chi connectivity index (χ1) is 8.34. The fourth-order valence-corrected chi connectivity index (χ4v) is 2.01. The lowest BCUT2D eigenvalue weighted by Crippen LogP contribution is -2.68. The van der Waals surface area contributed by atoms with Gasteiger partial charge in [0.25, 0.3) is 5.91 Å². The number of carbonyl (C=O) groups excluding carboxylic acids is 3. The number of carbonyl (C=O) groups is 3. The van der Waals surface area contributed by atoms with Crippen molar-refractivity contribution in [3.8, 4) is 0 Å². The average molecular weight is 254 g/mol. The number of imide groups is 2. The van der Waals surface area contributed by atoms with Crippen molar-refractivity contribution in [2.45, 2.75) is 13.8 Å². The van der Waals surface area contributed by atoms with E-state index >= 15 is 0 Å². The third-order valence-corrected chi connectivity index (χ3v) is 3.47. The summed E-state index contributed by atoms with van der Waals surface area (Å²) in [5.74, 6) is -0.997. The van der Waals surface area contributed by atoms with Crippen molar-refractivity contribution >= 4 is 17.8 Å². The molecule has 0 aromatic heterocycles. The Morgan fingerprint density at radius 3 is 2.17 bits per heavy atom. The molecule has 0 atom stereocenters. The highest BCUT2D eigenvalue weighted by Crippen LogP contribution is 2.24. The molecule has 2 heterocycles. The number of amides is 4. The zero-order valence-corrected chi connectivity index (χ0v) is 10.9. The molecule has 7 nitrogen and oxygen atoms in total. The smallest absolute Gasteiger partial charge is 0.304 e. The van der Waals surface area contributed by atoms with Gasteiger partial charge in [0.15, 0.2) is 0 Å². The highest BCUT2D eigenvalue weighted by molar-refractivity contribution is 6.18. The van der Waals surface area contributed by atoms with E-state index < -0.39 is 23.3 Å². The first-order valence-electron chi connectivity index (χ1n) is 5.97. The number of hydrazine groups is 1. The number of barbiturate groups is 1. The van der Waals surface area contributed by atoms with Gasteiger partial charge < -0.3 is 4.90 Å². The van der Waals surface area contributed by atoms with Crippen LogP contribution in [-0.2, 0) is 9.59 Å². The van der Waals surface area contributed by atoms with Gasteiger partial charge in [-0.25, -0.2) is 9.80 Å². The van der Waals surface area contributed by atoms with Crippen LogP contribution in [0, 0.1) is 5.41 Å². The van der Waals surface area contributed by atoms with E-state index in [1.807, 2.05) is 7.05 Å². The van der Waals surface area contributed by atoms with E-state index in [-0.39, 0.29) is 0 Å². The maximum absolute atomic E-state index is 12.2. The number of likely N-dealkylation sites (N-methyl/N-ethyl adjacent to an activating group) is 1. The van der Waals surface area contributed by atoms with Crippen molar-refractivity contribution in [1.82, 2.24) is 20.2 Å². The third kappa shape index (κ3) is 1.99. The van der Waals surface area contributed by atoms with Gasteiger partial charge in [0.2, 0.25) is 5.91 Å². The van der Waals surface area contributed by atoms with Gasteiger partial charge in [-0.05, 0) is 20.9 Å². The van der Waals surface area contributed by atoms with Gasteiger partial charge in [0.1, 0.15) is 5.41 Å². The summed E-state index contributed by atoms with van der Waals surface area (Å²) >= 11 is 0. The van der Waals surface area contributed by atoms with Crippen molar-refractivity contribution in [2.24, 2.45) is 5.41 Å².